The minimum Gasteiger partial charge on any atom is -0.480 e. The maximum atomic E-state index is 11.3. The second kappa shape index (κ2) is 5.18. The largest absolute Gasteiger partial charge is 0.480 e. The van der Waals surface area contributed by atoms with Crippen LogP contribution < -0.4 is 0 Å². The molecule has 0 saturated carbocycles. The maximum Gasteiger partial charge on any atom is 0.326 e. The van der Waals surface area contributed by atoms with Crippen LogP contribution in [0.2, 0.25) is 0 Å². The van der Waals surface area contributed by atoms with Gasteiger partial charge in [-0.15, -0.1) is 0 Å². The highest BCUT2D eigenvalue weighted by Crippen LogP contribution is 2.31. The molecule has 1 atom stereocenters. The molecule has 2 heterocycles. The van der Waals surface area contributed by atoms with Crippen molar-refractivity contribution in [1.29, 1.82) is 0 Å². The van der Waals surface area contributed by atoms with Crippen LogP contribution in [0.25, 0.3) is 0 Å². The first-order chi connectivity index (χ1) is 8.15. The smallest absolute Gasteiger partial charge is 0.326 e. The Kier molecular flexibility index (Phi) is 3.83. The van der Waals surface area contributed by atoms with Gasteiger partial charge in [-0.2, -0.15) is 0 Å². The molecular weight excluding hydrogens is 288 g/mol. The van der Waals surface area contributed by atoms with Gasteiger partial charge >= 0.3 is 5.97 Å². The topological polar surface area (TPSA) is 64.4 Å². The molecule has 6 heteroatoms. The van der Waals surface area contributed by atoms with E-state index in [9.17, 15) is 9.90 Å². The molecule has 0 aromatic carbocycles. The number of ether oxygens (including phenoxy) is 1. The van der Waals surface area contributed by atoms with E-state index in [2.05, 4.69) is 20.9 Å². The van der Waals surface area contributed by atoms with Gasteiger partial charge in [0, 0.05) is 13.5 Å². The summed E-state index contributed by atoms with van der Waals surface area (Å²) >= 11 is 3.41. The summed E-state index contributed by atoms with van der Waals surface area (Å²) in [6.07, 6.45) is 3.08. The summed E-state index contributed by atoms with van der Waals surface area (Å²) in [5, 5.41) is 9.25. The summed E-state index contributed by atoms with van der Waals surface area (Å²) in [7, 11) is 1.63. The van der Waals surface area contributed by atoms with Crippen LogP contribution in [-0.2, 0) is 22.4 Å². The summed E-state index contributed by atoms with van der Waals surface area (Å²) in [5.41, 5.74) is 0.995. The molecule has 1 N–H and O–H groups in total. The molecule has 0 fully saturated rings. The van der Waals surface area contributed by atoms with Crippen LogP contribution in [0.4, 0.5) is 0 Å². The number of aromatic nitrogens is 2. The predicted octanol–water partition coefficient (Wildman–Crippen LogP) is 1.80. The number of halogens is 1. The average Bonchev–Trinajstić information content (AvgIpc) is 2.64. The van der Waals surface area contributed by atoms with Gasteiger partial charge in [0.2, 0.25) is 0 Å². The molecule has 1 unspecified atom stereocenters. The van der Waals surface area contributed by atoms with Crippen LogP contribution in [0.15, 0.2) is 4.60 Å². The minimum absolute atomic E-state index is 0.482. The number of carboxylic acids is 1. The van der Waals surface area contributed by atoms with E-state index in [0.717, 1.165) is 29.0 Å². The third-order valence-corrected chi connectivity index (χ3v) is 3.69. The van der Waals surface area contributed by atoms with E-state index in [1.807, 2.05) is 4.57 Å². The number of aliphatic carboxylic acids is 1. The third-order valence-electron chi connectivity index (χ3n) is 3.05. The van der Waals surface area contributed by atoms with Crippen molar-refractivity contribution in [3.63, 3.8) is 0 Å². The quantitative estimate of drug-likeness (QED) is 0.921. The Morgan fingerprint density at radius 1 is 1.71 bits per heavy atom. The Hall–Kier alpha value is -0.880. The predicted molar refractivity (Wildman–Crippen MR) is 65.1 cm³/mol. The molecule has 0 saturated heterocycles. The monoisotopic (exact) mass is 302 g/mol. The molecule has 0 bridgehead atoms. The Bertz CT molecular complexity index is 431. The Morgan fingerprint density at radius 2 is 2.47 bits per heavy atom. The molecule has 0 radical (unpaired) electrons. The zero-order chi connectivity index (χ0) is 12.4. The van der Waals surface area contributed by atoms with Gasteiger partial charge in [-0.05, 0) is 35.2 Å². The number of rotatable bonds is 4. The van der Waals surface area contributed by atoms with E-state index < -0.39 is 12.0 Å². The highest BCUT2D eigenvalue weighted by Gasteiger charge is 2.30. The Morgan fingerprint density at radius 3 is 3.12 bits per heavy atom. The van der Waals surface area contributed by atoms with Crippen LogP contribution in [-0.4, -0.2) is 34.3 Å². The zero-order valence-electron chi connectivity index (χ0n) is 9.65. The van der Waals surface area contributed by atoms with E-state index in [4.69, 9.17) is 4.74 Å². The fourth-order valence-corrected chi connectivity index (χ4v) is 2.87. The third kappa shape index (κ3) is 2.37. The highest BCUT2D eigenvalue weighted by molar-refractivity contribution is 9.10. The van der Waals surface area contributed by atoms with E-state index in [1.54, 1.807) is 7.11 Å². The molecule has 0 aliphatic carbocycles. The lowest BCUT2D eigenvalue weighted by atomic mass is 10.0. The van der Waals surface area contributed by atoms with Crippen molar-refractivity contribution in [3.8, 4) is 0 Å². The lowest BCUT2D eigenvalue weighted by Gasteiger charge is -2.24. The lowest BCUT2D eigenvalue weighted by Crippen LogP contribution is -2.26. The summed E-state index contributed by atoms with van der Waals surface area (Å²) in [6.45, 7) is 0.551. The van der Waals surface area contributed by atoms with Crippen molar-refractivity contribution in [2.45, 2.75) is 31.7 Å². The highest BCUT2D eigenvalue weighted by atomic mass is 79.9. The summed E-state index contributed by atoms with van der Waals surface area (Å²) in [6, 6.07) is -0.482. The van der Waals surface area contributed by atoms with Crippen molar-refractivity contribution in [2.75, 3.05) is 13.7 Å². The summed E-state index contributed by atoms with van der Waals surface area (Å²) in [5.74, 6) is 0.00958. The van der Waals surface area contributed by atoms with E-state index in [1.165, 1.54) is 0 Å². The molecule has 17 heavy (non-hydrogen) atoms. The maximum absolute atomic E-state index is 11.3. The number of carboxylic acid groups (broad SMARTS) is 1. The molecule has 0 amide bonds. The number of hydrogen-bond donors (Lipinski definition) is 1. The molecule has 1 aromatic heterocycles. The first-order valence-electron chi connectivity index (χ1n) is 5.62. The standard InChI is InChI=1S/C11H15BrN2O3/c1-17-6-5-9-13-10(12)7-3-2-4-8(11(15)16)14(7)9/h8H,2-6H2,1H3,(H,15,16). The number of nitrogens with zero attached hydrogens (tertiary/aromatic N) is 2. The van der Waals surface area contributed by atoms with Gasteiger partial charge in [-0.25, -0.2) is 9.78 Å². The molecule has 2 rings (SSSR count). The molecule has 0 spiro atoms. The minimum atomic E-state index is -0.783. The van der Waals surface area contributed by atoms with Gasteiger partial charge in [0.05, 0.1) is 12.3 Å². The van der Waals surface area contributed by atoms with Gasteiger partial charge < -0.3 is 14.4 Å². The molecule has 1 aliphatic heterocycles. The zero-order valence-corrected chi connectivity index (χ0v) is 11.2. The number of imidazole rings is 1. The number of carbonyl (C=O) groups is 1. The molecule has 1 aliphatic rings. The van der Waals surface area contributed by atoms with Crippen molar-refractivity contribution in [3.05, 3.63) is 16.1 Å². The fraction of sp³-hybridized carbons (Fsp3) is 0.636. The van der Waals surface area contributed by atoms with Gasteiger partial charge in [0.1, 0.15) is 16.5 Å². The van der Waals surface area contributed by atoms with Crippen molar-refractivity contribution in [1.82, 2.24) is 9.55 Å². The van der Waals surface area contributed by atoms with Crippen LogP contribution in [0, 0.1) is 0 Å². The number of fused-ring (bicyclic) bond motifs is 1. The number of hydrogen-bond acceptors (Lipinski definition) is 3. The average molecular weight is 303 g/mol. The second-order valence-electron chi connectivity index (χ2n) is 4.12. The summed E-state index contributed by atoms with van der Waals surface area (Å²) in [4.78, 5) is 15.7. The van der Waals surface area contributed by atoms with E-state index in [-0.39, 0.29) is 0 Å². The van der Waals surface area contributed by atoms with Crippen LogP contribution in [0.3, 0.4) is 0 Å². The molecule has 1 aromatic rings. The van der Waals surface area contributed by atoms with E-state index >= 15 is 0 Å². The van der Waals surface area contributed by atoms with Gasteiger partial charge in [-0.3, -0.25) is 0 Å². The molecular formula is C11H15BrN2O3. The number of methoxy groups -OCH3 is 1. The fourth-order valence-electron chi connectivity index (χ4n) is 2.27. The Labute approximate surface area is 108 Å². The Balaban J connectivity index is 2.38. The first-order valence-corrected chi connectivity index (χ1v) is 6.41. The van der Waals surface area contributed by atoms with Gasteiger partial charge in [0.15, 0.2) is 0 Å². The van der Waals surface area contributed by atoms with Crippen molar-refractivity contribution >= 4 is 21.9 Å². The van der Waals surface area contributed by atoms with Crippen molar-refractivity contribution < 1.29 is 14.6 Å². The molecule has 5 nitrogen and oxygen atoms in total. The molecule has 94 valence electrons. The van der Waals surface area contributed by atoms with Crippen LogP contribution in [0.5, 0.6) is 0 Å². The second-order valence-corrected chi connectivity index (χ2v) is 4.88. The lowest BCUT2D eigenvalue weighted by molar-refractivity contribution is -0.141. The van der Waals surface area contributed by atoms with Gasteiger partial charge in [-0.1, -0.05) is 0 Å². The summed E-state index contributed by atoms with van der Waals surface area (Å²) < 4.78 is 7.65. The van der Waals surface area contributed by atoms with Crippen LogP contribution in [0.1, 0.15) is 30.4 Å². The normalized spacial score (nSPS) is 19.1. The van der Waals surface area contributed by atoms with Gasteiger partial charge in [0.25, 0.3) is 0 Å². The first kappa shape index (κ1) is 12.6. The van der Waals surface area contributed by atoms with Crippen molar-refractivity contribution in [2.24, 2.45) is 0 Å². The van der Waals surface area contributed by atoms with E-state index in [0.29, 0.717) is 19.4 Å². The SMILES string of the molecule is COCCc1nc(Br)c2n1C(C(=O)O)CCC2. The van der Waals surface area contributed by atoms with Crippen LogP contribution >= 0.6 is 15.9 Å².